The Kier molecular flexibility index (Phi) is 5.73. The van der Waals surface area contributed by atoms with E-state index in [2.05, 4.69) is 10.3 Å². The molecule has 1 fully saturated rings. The van der Waals surface area contributed by atoms with Crippen LogP contribution < -0.4 is 5.32 Å². The number of benzene rings is 1. The summed E-state index contributed by atoms with van der Waals surface area (Å²) in [5, 5.41) is 2.62. The van der Waals surface area contributed by atoms with E-state index in [0.29, 0.717) is 31.6 Å². The standard InChI is InChI=1S/C19H22F2N4O3/c1-24-12-22-11-16(24)17(26)25-7-5-19(28-2,6-8-25)18(27)23-10-13-9-14(20)3-4-15(13)21/h3-4,9,11-12H,5-8,10H2,1-2H3,(H,23,27). The predicted molar refractivity (Wildman–Crippen MR) is 96.3 cm³/mol. The third-order valence-corrected chi connectivity index (χ3v) is 5.15. The van der Waals surface area contributed by atoms with Gasteiger partial charge in [0.15, 0.2) is 0 Å². The minimum atomic E-state index is -1.12. The fourth-order valence-corrected chi connectivity index (χ4v) is 3.34. The number of nitrogens with one attached hydrogen (secondary N) is 1. The van der Waals surface area contributed by atoms with Crippen molar-refractivity contribution in [3.05, 3.63) is 53.6 Å². The number of ether oxygens (including phenoxy) is 1. The van der Waals surface area contributed by atoms with Crippen molar-refractivity contribution in [2.45, 2.75) is 25.0 Å². The van der Waals surface area contributed by atoms with Crippen LogP contribution in [0.3, 0.4) is 0 Å². The highest BCUT2D eigenvalue weighted by Gasteiger charge is 2.42. The van der Waals surface area contributed by atoms with Gasteiger partial charge in [0, 0.05) is 52.2 Å². The SMILES string of the molecule is COC1(C(=O)NCc2cc(F)ccc2F)CCN(C(=O)c2cncn2C)CC1. The maximum Gasteiger partial charge on any atom is 0.272 e. The van der Waals surface area contributed by atoms with Crippen LogP contribution in [0.1, 0.15) is 28.9 Å². The molecule has 28 heavy (non-hydrogen) atoms. The van der Waals surface area contributed by atoms with Gasteiger partial charge in [-0.2, -0.15) is 0 Å². The molecule has 0 radical (unpaired) electrons. The van der Waals surface area contributed by atoms with Crippen LogP contribution in [0.25, 0.3) is 0 Å². The van der Waals surface area contributed by atoms with E-state index >= 15 is 0 Å². The van der Waals surface area contributed by atoms with Gasteiger partial charge < -0.3 is 19.5 Å². The molecule has 3 rings (SSSR count). The summed E-state index contributed by atoms with van der Waals surface area (Å²) in [5.41, 5.74) is -0.591. The predicted octanol–water partition coefficient (Wildman–Crippen LogP) is 1.64. The zero-order valence-electron chi connectivity index (χ0n) is 15.7. The van der Waals surface area contributed by atoms with E-state index in [-0.39, 0.29) is 18.0 Å². The van der Waals surface area contributed by atoms with Gasteiger partial charge >= 0.3 is 0 Å². The molecule has 9 heteroatoms. The van der Waals surface area contributed by atoms with E-state index in [1.165, 1.54) is 13.3 Å². The van der Waals surface area contributed by atoms with Crippen molar-refractivity contribution in [3.63, 3.8) is 0 Å². The van der Waals surface area contributed by atoms with Crippen molar-refractivity contribution in [1.82, 2.24) is 19.8 Å². The zero-order valence-corrected chi connectivity index (χ0v) is 15.7. The van der Waals surface area contributed by atoms with Gasteiger partial charge in [-0.15, -0.1) is 0 Å². The summed E-state index contributed by atoms with van der Waals surface area (Å²) >= 11 is 0. The molecule has 0 unspecified atom stereocenters. The molecule has 0 saturated carbocycles. The molecular weight excluding hydrogens is 370 g/mol. The van der Waals surface area contributed by atoms with Crippen molar-refractivity contribution in [1.29, 1.82) is 0 Å². The summed E-state index contributed by atoms with van der Waals surface area (Å²) < 4.78 is 34.2. The Hall–Kier alpha value is -2.81. The third-order valence-electron chi connectivity index (χ3n) is 5.15. The van der Waals surface area contributed by atoms with E-state index < -0.39 is 23.1 Å². The number of rotatable bonds is 5. The summed E-state index contributed by atoms with van der Waals surface area (Å²) in [6.45, 7) is 0.518. The second kappa shape index (κ2) is 8.05. The van der Waals surface area contributed by atoms with E-state index in [1.807, 2.05) is 0 Å². The molecule has 0 aliphatic carbocycles. The van der Waals surface area contributed by atoms with Crippen LogP contribution in [0, 0.1) is 11.6 Å². The summed E-state index contributed by atoms with van der Waals surface area (Å²) in [6.07, 6.45) is 3.64. The Bertz CT molecular complexity index is 876. The number of nitrogens with zero attached hydrogens (tertiary/aromatic N) is 3. The van der Waals surface area contributed by atoms with Crippen LogP contribution in [-0.2, 0) is 23.1 Å². The van der Waals surface area contributed by atoms with Gasteiger partial charge in [-0.05, 0) is 18.2 Å². The fraction of sp³-hybridized carbons (Fsp3) is 0.421. The van der Waals surface area contributed by atoms with Crippen LogP contribution in [0.2, 0.25) is 0 Å². The lowest BCUT2D eigenvalue weighted by molar-refractivity contribution is -0.149. The molecule has 150 valence electrons. The van der Waals surface area contributed by atoms with E-state index in [9.17, 15) is 18.4 Å². The summed E-state index contributed by atoms with van der Waals surface area (Å²) in [6, 6.07) is 3.09. The molecule has 2 aromatic rings. The number of hydrogen-bond donors (Lipinski definition) is 1. The number of aryl methyl sites for hydroxylation is 1. The first-order valence-electron chi connectivity index (χ1n) is 8.89. The third kappa shape index (κ3) is 3.89. The highest BCUT2D eigenvalue weighted by atomic mass is 19.1. The zero-order chi connectivity index (χ0) is 20.3. The van der Waals surface area contributed by atoms with Gasteiger partial charge in [0.05, 0.1) is 12.5 Å². The minimum Gasteiger partial charge on any atom is -0.368 e. The van der Waals surface area contributed by atoms with E-state index in [0.717, 1.165) is 18.2 Å². The van der Waals surface area contributed by atoms with Crippen molar-refractivity contribution < 1.29 is 23.1 Å². The number of imidazole rings is 1. The lowest BCUT2D eigenvalue weighted by atomic mass is 9.89. The smallest absolute Gasteiger partial charge is 0.272 e. The van der Waals surface area contributed by atoms with Crippen molar-refractivity contribution >= 4 is 11.8 Å². The van der Waals surface area contributed by atoms with Gasteiger partial charge in [-0.1, -0.05) is 0 Å². The van der Waals surface area contributed by atoms with Crippen LogP contribution in [0.5, 0.6) is 0 Å². The summed E-state index contributed by atoms with van der Waals surface area (Å²) in [4.78, 5) is 30.9. The van der Waals surface area contributed by atoms with Crippen LogP contribution in [-0.4, -0.2) is 52.1 Å². The maximum absolute atomic E-state index is 13.7. The quantitative estimate of drug-likeness (QED) is 0.839. The van der Waals surface area contributed by atoms with Crippen LogP contribution in [0.4, 0.5) is 8.78 Å². The molecule has 1 N–H and O–H groups in total. The first-order chi connectivity index (χ1) is 13.4. The fourth-order valence-electron chi connectivity index (χ4n) is 3.34. The highest BCUT2D eigenvalue weighted by molar-refractivity contribution is 5.93. The van der Waals surface area contributed by atoms with E-state index in [1.54, 1.807) is 22.8 Å². The molecule has 1 aliphatic heterocycles. The normalized spacial score (nSPS) is 16.1. The molecule has 1 aliphatic rings. The van der Waals surface area contributed by atoms with Gasteiger partial charge in [0.2, 0.25) is 0 Å². The second-order valence-electron chi connectivity index (χ2n) is 6.80. The van der Waals surface area contributed by atoms with Crippen molar-refractivity contribution in [3.8, 4) is 0 Å². The molecule has 0 spiro atoms. The van der Waals surface area contributed by atoms with Gasteiger partial charge in [0.1, 0.15) is 22.9 Å². The van der Waals surface area contributed by atoms with Gasteiger partial charge in [0.25, 0.3) is 11.8 Å². The number of piperidine rings is 1. The Balaban J connectivity index is 1.63. The number of methoxy groups -OCH3 is 1. The van der Waals surface area contributed by atoms with Crippen LogP contribution in [0.15, 0.2) is 30.7 Å². The first-order valence-corrected chi connectivity index (χ1v) is 8.89. The Morgan fingerprint density at radius 2 is 2.00 bits per heavy atom. The van der Waals surface area contributed by atoms with Gasteiger partial charge in [-0.25, -0.2) is 13.8 Å². The number of carbonyl (C=O) groups is 2. The number of amides is 2. The number of likely N-dealkylation sites (tertiary alicyclic amines) is 1. The highest BCUT2D eigenvalue weighted by Crippen LogP contribution is 2.27. The number of aromatic nitrogens is 2. The monoisotopic (exact) mass is 392 g/mol. The summed E-state index contributed by atoms with van der Waals surface area (Å²) in [5.74, 6) is -1.74. The molecule has 2 amide bonds. The van der Waals surface area contributed by atoms with E-state index in [4.69, 9.17) is 4.74 Å². The first kappa shape index (κ1) is 19.9. The number of carbonyl (C=O) groups excluding carboxylic acids is 2. The molecule has 1 aromatic heterocycles. The Morgan fingerprint density at radius 3 is 2.61 bits per heavy atom. The number of hydrogen-bond acceptors (Lipinski definition) is 4. The topological polar surface area (TPSA) is 76.5 Å². The van der Waals surface area contributed by atoms with Gasteiger partial charge in [-0.3, -0.25) is 9.59 Å². The number of halogens is 2. The molecule has 0 bridgehead atoms. The summed E-state index contributed by atoms with van der Waals surface area (Å²) in [7, 11) is 3.17. The van der Waals surface area contributed by atoms with Crippen LogP contribution >= 0.6 is 0 Å². The Morgan fingerprint density at radius 1 is 1.29 bits per heavy atom. The molecule has 1 aromatic carbocycles. The lowest BCUT2D eigenvalue weighted by Crippen LogP contribution is -2.55. The van der Waals surface area contributed by atoms with Crippen molar-refractivity contribution in [2.24, 2.45) is 7.05 Å². The average molecular weight is 392 g/mol. The Labute approximate surface area is 161 Å². The molecule has 2 heterocycles. The maximum atomic E-state index is 13.7. The lowest BCUT2D eigenvalue weighted by Gasteiger charge is -2.39. The molecule has 7 nitrogen and oxygen atoms in total. The molecule has 1 saturated heterocycles. The van der Waals surface area contributed by atoms with Crippen molar-refractivity contribution in [2.75, 3.05) is 20.2 Å². The minimum absolute atomic E-state index is 0.0587. The molecule has 0 atom stereocenters. The largest absolute Gasteiger partial charge is 0.368 e. The molecular formula is C19H22F2N4O3. The second-order valence-corrected chi connectivity index (χ2v) is 6.80. The average Bonchev–Trinajstić information content (AvgIpc) is 3.13.